The Bertz CT molecular complexity index is 698. The molecule has 0 unspecified atom stereocenters. The average molecular weight is 423 g/mol. The van der Waals surface area contributed by atoms with Gasteiger partial charge in [0.15, 0.2) is 5.84 Å². The van der Waals surface area contributed by atoms with Crippen LogP contribution in [0.25, 0.3) is 5.69 Å². The molecule has 3 rings (SSSR count). The number of hydrazine groups is 2. The van der Waals surface area contributed by atoms with Gasteiger partial charge in [-0.05, 0) is 40.8 Å². The molecule has 0 aliphatic carbocycles. The van der Waals surface area contributed by atoms with Crippen LogP contribution in [0.4, 0.5) is 0 Å². The molecule has 0 spiro atoms. The van der Waals surface area contributed by atoms with Crippen LogP contribution in [0.5, 0.6) is 0 Å². The van der Waals surface area contributed by atoms with Gasteiger partial charge in [0.1, 0.15) is 3.70 Å². The fraction of sp³-hybridized carbons (Fsp3) is 0.0909. The number of amidine groups is 1. The molecule has 104 valence electrons. The van der Waals surface area contributed by atoms with Crippen molar-refractivity contribution in [2.45, 2.75) is 0 Å². The van der Waals surface area contributed by atoms with Crippen LogP contribution in [0.3, 0.4) is 0 Å². The highest BCUT2D eigenvalue weighted by Crippen LogP contribution is 2.27. The Morgan fingerprint density at radius 1 is 1.30 bits per heavy atom. The molecule has 1 aromatic carbocycles. The van der Waals surface area contributed by atoms with E-state index in [1.54, 1.807) is 28.0 Å². The van der Waals surface area contributed by atoms with Gasteiger partial charge in [0, 0.05) is 12.1 Å². The van der Waals surface area contributed by atoms with Gasteiger partial charge in [0.25, 0.3) is 0 Å². The van der Waals surface area contributed by atoms with Crippen LogP contribution < -0.4 is 11.1 Å². The molecule has 0 amide bonds. The SMILES string of the molecule is CN1NNN=C1c1cnn(-c2ccc(Cl)cc2Cl)c1I. The lowest BCUT2D eigenvalue weighted by molar-refractivity contribution is 0.349. The minimum Gasteiger partial charge on any atom is -0.274 e. The number of hydrogen-bond acceptors (Lipinski definition) is 5. The molecule has 0 saturated carbocycles. The summed E-state index contributed by atoms with van der Waals surface area (Å²) in [6, 6.07) is 5.31. The summed E-state index contributed by atoms with van der Waals surface area (Å²) in [5.74, 6) is 0.755. The van der Waals surface area contributed by atoms with E-state index in [-0.39, 0.29) is 0 Å². The first kappa shape index (κ1) is 13.9. The van der Waals surface area contributed by atoms with E-state index >= 15 is 0 Å². The van der Waals surface area contributed by atoms with Gasteiger partial charge in [-0.2, -0.15) is 5.10 Å². The number of benzene rings is 1. The van der Waals surface area contributed by atoms with Crippen LogP contribution in [0, 0.1) is 3.70 Å². The van der Waals surface area contributed by atoms with Gasteiger partial charge in [0.2, 0.25) is 0 Å². The van der Waals surface area contributed by atoms with Crippen molar-refractivity contribution in [2.75, 3.05) is 7.05 Å². The van der Waals surface area contributed by atoms with Gasteiger partial charge in [-0.15, -0.1) is 10.6 Å². The minimum atomic E-state index is 0.544. The van der Waals surface area contributed by atoms with Crippen LogP contribution in [-0.4, -0.2) is 27.7 Å². The summed E-state index contributed by atoms with van der Waals surface area (Å²) in [6.07, 6.45) is 1.75. The van der Waals surface area contributed by atoms with Crippen molar-refractivity contribution in [1.29, 1.82) is 0 Å². The average Bonchev–Trinajstić information content (AvgIpc) is 2.96. The minimum absolute atomic E-state index is 0.544. The Hall–Kier alpha value is -1.03. The highest BCUT2D eigenvalue weighted by atomic mass is 127. The van der Waals surface area contributed by atoms with Gasteiger partial charge < -0.3 is 0 Å². The number of nitrogens with one attached hydrogen (secondary N) is 2. The fourth-order valence-corrected chi connectivity index (χ4v) is 3.08. The van der Waals surface area contributed by atoms with E-state index in [9.17, 15) is 0 Å². The number of aromatic nitrogens is 2. The van der Waals surface area contributed by atoms with Gasteiger partial charge >= 0.3 is 0 Å². The number of halogens is 3. The Balaban J connectivity index is 2.06. The number of hydrazone groups is 1. The highest BCUT2D eigenvalue weighted by Gasteiger charge is 2.21. The molecule has 2 aromatic rings. The monoisotopic (exact) mass is 422 g/mol. The number of nitrogens with zero attached hydrogens (tertiary/aromatic N) is 4. The van der Waals surface area contributed by atoms with Crippen LogP contribution in [-0.2, 0) is 0 Å². The number of hydrogen-bond donors (Lipinski definition) is 2. The van der Waals surface area contributed by atoms with Crippen molar-refractivity contribution < 1.29 is 0 Å². The summed E-state index contributed by atoms with van der Waals surface area (Å²) in [4.78, 5) is 0. The Labute approximate surface area is 138 Å². The molecule has 2 heterocycles. The molecule has 6 nitrogen and oxygen atoms in total. The molecule has 20 heavy (non-hydrogen) atoms. The summed E-state index contributed by atoms with van der Waals surface area (Å²) in [6.45, 7) is 0. The molecule has 1 aliphatic heterocycles. The van der Waals surface area contributed by atoms with Crippen molar-refractivity contribution in [2.24, 2.45) is 5.10 Å². The lowest BCUT2D eigenvalue weighted by atomic mass is 10.3. The summed E-state index contributed by atoms with van der Waals surface area (Å²) in [5.41, 5.74) is 7.23. The van der Waals surface area contributed by atoms with E-state index < -0.39 is 0 Å². The van der Waals surface area contributed by atoms with E-state index in [1.165, 1.54) is 0 Å². The van der Waals surface area contributed by atoms with Gasteiger partial charge in [-0.3, -0.25) is 5.01 Å². The zero-order chi connectivity index (χ0) is 14.3. The predicted octanol–water partition coefficient (Wildman–Crippen LogP) is 2.40. The molecular weight excluding hydrogens is 414 g/mol. The molecular formula is C11H9Cl2IN6. The third-order valence-electron chi connectivity index (χ3n) is 2.79. The smallest absolute Gasteiger partial charge is 0.177 e. The summed E-state index contributed by atoms with van der Waals surface area (Å²) in [7, 11) is 1.86. The van der Waals surface area contributed by atoms with Gasteiger partial charge in [-0.1, -0.05) is 23.2 Å². The van der Waals surface area contributed by atoms with Crippen molar-refractivity contribution in [3.05, 3.63) is 43.7 Å². The lowest BCUT2D eigenvalue weighted by Gasteiger charge is -2.11. The Morgan fingerprint density at radius 2 is 2.10 bits per heavy atom. The summed E-state index contributed by atoms with van der Waals surface area (Å²) in [5, 5.41) is 11.4. The van der Waals surface area contributed by atoms with Crippen LogP contribution >= 0.6 is 45.8 Å². The predicted molar refractivity (Wildman–Crippen MR) is 86.9 cm³/mol. The largest absolute Gasteiger partial charge is 0.274 e. The maximum atomic E-state index is 6.22. The Kier molecular flexibility index (Phi) is 3.76. The second-order valence-corrected chi connectivity index (χ2v) is 5.94. The third-order valence-corrected chi connectivity index (χ3v) is 4.36. The van der Waals surface area contributed by atoms with Gasteiger partial charge in [0.05, 0.1) is 22.5 Å². The molecule has 0 fully saturated rings. The quantitative estimate of drug-likeness (QED) is 0.729. The highest BCUT2D eigenvalue weighted by molar-refractivity contribution is 14.1. The maximum absolute atomic E-state index is 6.22. The Morgan fingerprint density at radius 3 is 2.75 bits per heavy atom. The van der Waals surface area contributed by atoms with Crippen molar-refractivity contribution in [3.8, 4) is 5.69 Å². The molecule has 9 heteroatoms. The van der Waals surface area contributed by atoms with Crippen LogP contribution in [0.2, 0.25) is 10.0 Å². The summed E-state index contributed by atoms with van der Waals surface area (Å²) >= 11 is 14.3. The lowest BCUT2D eigenvalue weighted by Crippen LogP contribution is -2.37. The van der Waals surface area contributed by atoms with Gasteiger partial charge in [-0.25, -0.2) is 10.2 Å². The van der Waals surface area contributed by atoms with Crippen molar-refractivity contribution in [3.63, 3.8) is 0 Å². The van der Waals surface area contributed by atoms with E-state index in [0.29, 0.717) is 10.0 Å². The van der Waals surface area contributed by atoms with E-state index in [2.05, 4.69) is 43.9 Å². The first-order chi connectivity index (χ1) is 9.58. The zero-order valence-electron chi connectivity index (χ0n) is 10.2. The third kappa shape index (κ3) is 2.34. The normalized spacial score (nSPS) is 14.4. The molecule has 1 aromatic heterocycles. The molecule has 0 saturated heterocycles. The topological polar surface area (TPSA) is 57.5 Å². The maximum Gasteiger partial charge on any atom is 0.177 e. The molecule has 1 aliphatic rings. The molecule has 2 N–H and O–H groups in total. The van der Waals surface area contributed by atoms with Crippen LogP contribution in [0.1, 0.15) is 5.56 Å². The molecule has 0 bridgehead atoms. The second-order valence-electron chi connectivity index (χ2n) is 4.07. The number of rotatable bonds is 2. The van der Waals surface area contributed by atoms with Crippen molar-refractivity contribution in [1.82, 2.24) is 25.9 Å². The second kappa shape index (κ2) is 5.40. The molecule has 0 radical (unpaired) electrons. The zero-order valence-corrected chi connectivity index (χ0v) is 13.9. The van der Waals surface area contributed by atoms with E-state index in [0.717, 1.165) is 20.8 Å². The van der Waals surface area contributed by atoms with Crippen molar-refractivity contribution >= 4 is 51.6 Å². The van der Waals surface area contributed by atoms with E-state index in [1.807, 2.05) is 13.1 Å². The van der Waals surface area contributed by atoms with Crippen LogP contribution in [0.15, 0.2) is 29.5 Å². The first-order valence-corrected chi connectivity index (χ1v) is 7.43. The molecule has 0 atom stereocenters. The fourth-order valence-electron chi connectivity index (χ4n) is 1.83. The van der Waals surface area contributed by atoms with E-state index in [4.69, 9.17) is 23.2 Å². The summed E-state index contributed by atoms with van der Waals surface area (Å²) < 4.78 is 2.66. The first-order valence-electron chi connectivity index (χ1n) is 5.59. The standard InChI is InChI=1S/C11H9Cl2IN6/c1-19-11(16-17-18-19)7-5-15-20(10(7)14)9-3-2-6(12)4-8(9)13/h2-5,17-18H,1H3.